The second kappa shape index (κ2) is 13.3. The molecule has 44 heavy (non-hydrogen) atoms. The van der Waals surface area contributed by atoms with Crippen LogP contribution in [0.15, 0.2) is 77.5 Å². The molecule has 0 saturated carbocycles. The molecule has 18 nitrogen and oxygen atoms in total. The number of benzene rings is 2. The summed E-state index contributed by atoms with van der Waals surface area (Å²) in [6.07, 6.45) is 1.16. The number of amides is 1. The van der Waals surface area contributed by atoms with Gasteiger partial charge >= 0.3 is 0 Å². The van der Waals surface area contributed by atoms with Gasteiger partial charge in [0.15, 0.2) is 0 Å². The summed E-state index contributed by atoms with van der Waals surface area (Å²) in [5.74, 6) is -0.813. The fourth-order valence-electron chi connectivity index (χ4n) is 4.10. The Morgan fingerprint density at radius 3 is 1.93 bits per heavy atom. The van der Waals surface area contributed by atoms with E-state index in [9.17, 15) is 35.5 Å². The van der Waals surface area contributed by atoms with Crippen molar-refractivity contribution < 1.29 is 60.0 Å². The zero-order valence-corrected chi connectivity index (χ0v) is 25.4. The molecule has 1 aliphatic rings. The van der Waals surface area contributed by atoms with E-state index in [1.54, 1.807) is 0 Å². The normalized spacial score (nSPS) is 15.0. The molecule has 5 N–H and O–H groups in total. The van der Waals surface area contributed by atoms with Gasteiger partial charge in [0, 0.05) is 21.0 Å². The number of hydrazone groups is 1. The number of hydrogen-bond acceptors (Lipinski definition) is 15. The van der Waals surface area contributed by atoms with Crippen LogP contribution in [0.5, 0.6) is 0 Å². The predicted octanol–water partition coefficient (Wildman–Crippen LogP) is 2.72. The van der Waals surface area contributed by atoms with Gasteiger partial charge in [-0.15, -0.1) is 8.67 Å². The average molecular weight is 693 g/mol. The molecule has 0 saturated heterocycles. The second-order valence-electron chi connectivity index (χ2n) is 8.64. The molecule has 1 amide bonds. The van der Waals surface area contributed by atoms with E-state index in [-0.39, 0.29) is 50.1 Å². The Hall–Kier alpha value is -3.39. The van der Waals surface area contributed by atoms with Crippen molar-refractivity contribution in [2.24, 2.45) is 5.10 Å². The fourth-order valence-corrected chi connectivity index (χ4v) is 6.18. The molecule has 0 aliphatic carbocycles. The Bertz CT molecular complexity index is 1950. The minimum Gasteiger partial charge on any atom is -0.295 e. The van der Waals surface area contributed by atoms with Crippen LogP contribution in [-0.2, 0) is 50.2 Å². The van der Waals surface area contributed by atoms with E-state index >= 15 is 0 Å². The quantitative estimate of drug-likeness (QED) is 0.0601. The zero-order valence-electron chi connectivity index (χ0n) is 22.1. The average Bonchev–Trinajstić information content (AvgIpc) is 3.40. The Labute approximate surface area is 256 Å². The molecular formula is C22H20N4O14S4. The van der Waals surface area contributed by atoms with Crippen LogP contribution in [0.25, 0.3) is 5.69 Å². The van der Waals surface area contributed by atoms with Gasteiger partial charge in [-0.25, -0.2) is 15.2 Å². The number of allylic oxidation sites excluding steroid dienone is 1. The standard InChI is InChI=1S/C22H20N4O14S4/c1-11-15(21(27)25(23-11)17-9-13(41-39-37-29)3-7-19(17)43(31,32)33)5-6-16-12(2)24-26(22(16)28)18-10-14(42-40-38-30)4-8-20(18)44(34,35)36/h3-5,7-10,24,29-30H,6H2,1-2H3,(H,31,32,33)(H,34,35,36). The monoisotopic (exact) mass is 692 g/mol. The third-order valence-corrected chi connectivity index (χ3v) is 8.93. The van der Waals surface area contributed by atoms with E-state index in [1.165, 1.54) is 38.1 Å². The van der Waals surface area contributed by atoms with E-state index in [1.807, 2.05) is 0 Å². The van der Waals surface area contributed by atoms with Gasteiger partial charge in [-0.2, -0.15) is 26.9 Å². The van der Waals surface area contributed by atoms with Gasteiger partial charge in [0.05, 0.1) is 46.7 Å². The molecule has 3 aromatic rings. The first kappa shape index (κ1) is 33.5. The van der Waals surface area contributed by atoms with Gasteiger partial charge < -0.3 is 0 Å². The highest BCUT2D eigenvalue weighted by Crippen LogP contribution is 2.34. The summed E-state index contributed by atoms with van der Waals surface area (Å²) in [5, 5.41) is 31.4. The molecule has 0 radical (unpaired) electrons. The number of carbonyl (C=O) groups excluding carboxylic acids is 1. The maximum absolute atomic E-state index is 13.4. The lowest BCUT2D eigenvalue weighted by Gasteiger charge is -2.16. The van der Waals surface area contributed by atoms with Gasteiger partial charge in [0.25, 0.3) is 31.7 Å². The first-order valence-corrected chi connectivity index (χ1v) is 16.0. The molecule has 0 unspecified atom stereocenters. The van der Waals surface area contributed by atoms with Crippen LogP contribution in [0.4, 0.5) is 5.69 Å². The van der Waals surface area contributed by atoms with Crippen molar-refractivity contribution in [1.29, 1.82) is 0 Å². The van der Waals surface area contributed by atoms with E-state index in [0.29, 0.717) is 24.1 Å². The van der Waals surface area contributed by atoms with Crippen molar-refractivity contribution in [2.45, 2.75) is 39.9 Å². The first-order chi connectivity index (χ1) is 20.7. The SMILES string of the molecule is CC1=NN(c2cc(SOOO)ccc2S(=O)(=O)O)C(=O)C1=CCc1c(C)[nH]n(-c2cc(SOOO)ccc2S(=O)(=O)O)c1=O. The van der Waals surface area contributed by atoms with Crippen molar-refractivity contribution in [3.05, 3.63) is 69.7 Å². The molecule has 236 valence electrons. The Morgan fingerprint density at radius 2 is 1.41 bits per heavy atom. The smallest absolute Gasteiger partial charge is 0.295 e. The Kier molecular flexibility index (Phi) is 10.1. The van der Waals surface area contributed by atoms with Crippen molar-refractivity contribution in [1.82, 2.24) is 9.78 Å². The molecule has 22 heteroatoms. The van der Waals surface area contributed by atoms with Gasteiger partial charge in [0.2, 0.25) is 0 Å². The van der Waals surface area contributed by atoms with Crippen molar-refractivity contribution in [3.63, 3.8) is 0 Å². The third-order valence-electron chi connectivity index (χ3n) is 5.97. The molecule has 2 heterocycles. The van der Waals surface area contributed by atoms with Crippen molar-refractivity contribution in [2.75, 3.05) is 5.01 Å². The van der Waals surface area contributed by atoms with Crippen LogP contribution in [0.3, 0.4) is 0 Å². The summed E-state index contributed by atoms with van der Waals surface area (Å²) in [7, 11) is -9.64. The van der Waals surface area contributed by atoms with Crippen LogP contribution >= 0.6 is 24.1 Å². The summed E-state index contributed by atoms with van der Waals surface area (Å²) in [4.78, 5) is 25.8. The Balaban J connectivity index is 1.71. The molecule has 1 aromatic heterocycles. The zero-order chi connectivity index (χ0) is 32.4. The number of aryl methyl sites for hydroxylation is 1. The summed E-state index contributed by atoms with van der Waals surface area (Å²) in [6, 6.07) is 6.71. The molecule has 0 bridgehead atoms. The number of nitrogens with one attached hydrogen (secondary N) is 1. The van der Waals surface area contributed by atoms with E-state index < -0.39 is 41.5 Å². The summed E-state index contributed by atoms with van der Waals surface area (Å²) < 4.78 is 77.0. The second-order valence-corrected chi connectivity index (χ2v) is 13.0. The molecule has 4 rings (SSSR count). The molecule has 2 aromatic carbocycles. The number of anilines is 1. The molecule has 1 aliphatic heterocycles. The lowest BCUT2D eigenvalue weighted by Crippen LogP contribution is -2.24. The van der Waals surface area contributed by atoms with Gasteiger partial charge in [-0.3, -0.25) is 23.8 Å². The minimum atomic E-state index is -4.83. The molecule has 0 atom stereocenters. The van der Waals surface area contributed by atoms with Crippen LogP contribution in [0.1, 0.15) is 18.2 Å². The topological polar surface area (TPSA) is 257 Å². The fraction of sp³-hybridized carbons (Fsp3) is 0.136. The number of aromatic amines is 1. The number of carbonyl (C=O) groups is 1. The largest absolute Gasteiger partial charge is 0.296 e. The van der Waals surface area contributed by atoms with E-state index in [0.717, 1.165) is 27.9 Å². The maximum Gasteiger partial charge on any atom is 0.296 e. The maximum atomic E-state index is 13.4. The van der Waals surface area contributed by atoms with Gasteiger partial charge in [-0.05, 0) is 56.7 Å². The minimum absolute atomic E-state index is 0.0241. The highest BCUT2D eigenvalue weighted by atomic mass is 32.2. The predicted molar refractivity (Wildman–Crippen MR) is 151 cm³/mol. The number of hydrogen-bond donors (Lipinski definition) is 5. The van der Waals surface area contributed by atoms with Gasteiger partial charge in [-0.1, -0.05) is 16.2 Å². The van der Waals surface area contributed by atoms with Crippen molar-refractivity contribution in [3.8, 4) is 5.69 Å². The number of nitrogens with zero attached hydrogens (tertiary/aromatic N) is 3. The number of rotatable bonds is 12. The first-order valence-electron chi connectivity index (χ1n) is 11.6. The van der Waals surface area contributed by atoms with E-state index in [2.05, 4.69) is 28.9 Å². The highest BCUT2D eigenvalue weighted by Gasteiger charge is 2.33. The van der Waals surface area contributed by atoms with Crippen LogP contribution in [0, 0.1) is 6.92 Å². The molecular weight excluding hydrogens is 673 g/mol. The third kappa shape index (κ3) is 7.12. The van der Waals surface area contributed by atoms with Crippen LogP contribution in [-0.4, -0.2) is 57.9 Å². The van der Waals surface area contributed by atoms with E-state index in [4.69, 9.17) is 10.5 Å². The van der Waals surface area contributed by atoms with Crippen LogP contribution < -0.4 is 10.6 Å². The highest BCUT2D eigenvalue weighted by molar-refractivity contribution is 7.94. The summed E-state index contributed by atoms with van der Waals surface area (Å²) in [6.45, 7) is 2.95. The molecule has 0 fully saturated rings. The van der Waals surface area contributed by atoms with Gasteiger partial charge in [0.1, 0.15) is 9.79 Å². The summed E-state index contributed by atoms with van der Waals surface area (Å²) in [5.41, 5.74) is -0.930. The Morgan fingerprint density at radius 1 is 0.886 bits per heavy atom. The number of H-pyrrole nitrogens is 1. The van der Waals surface area contributed by atoms with Crippen molar-refractivity contribution >= 4 is 61.6 Å². The lowest BCUT2D eigenvalue weighted by molar-refractivity contribution is -0.432. The number of aromatic nitrogens is 2. The lowest BCUT2D eigenvalue weighted by atomic mass is 10.1. The molecule has 0 spiro atoms. The summed E-state index contributed by atoms with van der Waals surface area (Å²) >= 11 is 0.941. The van der Waals surface area contributed by atoms with Crippen LogP contribution in [0.2, 0.25) is 0 Å².